The highest BCUT2D eigenvalue weighted by atomic mass is 32.1. The fourth-order valence-electron chi connectivity index (χ4n) is 3.29. The Balaban J connectivity index is 1.37. The zero-order valence-corrected chi connectivity index (χ0v) is 16.0. The summed E-state index contributed by atoms with van der Waals surface area (Å²) in [4.78, 5) is 33.5. The molecule has 0 atom stereocenters. The van der Waals surface area contributed by atoms with Gasteiger partial charge in [0.25, 0.3) is 11.5 Å². The van der Waals surface area contributed by atoms with Crippen molar-refractivity contribution < 1.29 is 18.0 Å². The fraction of sp³-hybridized carbons (Fsp3) is 0.316. The third kappa shape index (κ3) is 4.18. The van der Waals surface area contributed by atoms with Crippen molar-refractivity contribution in [3.05, 3.63) is 69.1 Å². The lowest BCUT2D eigenvalue weighted by molar-refractivity contribution is -0.137. The van der Waals surface area contributed by atoms with E-state index in [0.29, 0.717) is 43.4 Å². The molecule has 1 saturated heterocycles. The number of nitrogens with zero attached hydrogens (tertiary/aromatic N) is 4. The average Bonchev–Trinajstić information content (AvgIpc) is 3.17. The van der Waals surface area contributed by atoms with Crippen LogP contribution in [0.1, 0.15) is 21.6 Å². The van der Waals surface area contributed by atoms with Crippen LogP contribution in [0.15, 0.2) is 46.7 Å². The van der Waals surface area contributed by atoms with Gasteiger partial charge in [0.15, 0.2) is 4.96 Å². The van der Waals surface area contributed by atoms with Gasteiger partial charge in [-0.2, -0.15) is 13.2 Å². The summed E-state index contributed by atoms with van der Waals surface area (Å²) in [7, 11) is 0. The number of hydrogen-bond acceptors (Lipinski definition) is 5. The number of amides is 1. The highest BCUT2D eigenvalue weighted by Crippen LogP contribution is 2.29. The molecule has 6 nitrogen and oxygen atoms in total. The molecule has 3 aromatic rings. The topological polar surface area (TPSA) is 57.9 Å². The summed E-state index contributed by atoms with van der Waals surface area (Å²) in [5.41, 5.74) is 0.0246. The summed E-state index contributed by atoms with van der Waals surface area (Å²) in [5, 5.41) is 1.80. The first-order valence-corrected chi connectivity index (χ1v) is 9.84. The summed E-state index contributed by atoms with van der Waals surface area (Å²) in [6.45, 7) is 2.61. The number of carbonyl (C=O) groups is 1. The largest absolute Gasteiger partial charge is 0.416 e. The van der Waals surface area contributed by atoms with E-state index in [1.807, 2.05) is 0 Å². The van der Waals surface area contributed by atoms with E-state index in [1.165, 1.54) is 33.9 Å². The Morgan fingerprint density at radius 2 is 1.79 bits per heavy atom. The van der Waals surface area contributed by atoms with E-state index in [1.54, 1.807) is 16.5 Å². The minimum Gasteiger partial charge on any atom is -0.336 e. The quantitative estimate of drug-likeness (QED) is 0.651. The van der Waals surface area contributed by atoms with E-state index in [-0.39, 0.29) is 17.0 Å². The average molecular weight is 422 g/mol. The molecule has 2 aromatic heterocycles. The Labute approximate surface area is 167 Å². The van der Waals surface area contributed by atoms with Gasteiger partial charge in [0.2, 0.25) is 0 Å². The van der Waals surface area contributed by atoms with Gasteiger partial charge in [-0.25, -0.2) is 4.98 Å². The van der Waals surface area contributed by atoms with Gasteiger partial charge in [-0.15, -0.1) is 11.3 Å². The lowest BCUT2D eigenvalue weighted by Gasteiger charge is -2.34. The van der Waals surface area contributed by atoms with E-state index in [0.717, 1.165) is 12.1 Å². The zero-order chi connectivity index (χ0) is 20.6. The van der Waals surface area contributed by atoms with Crippen LogP contribution in [0.3, 0.4) is 0 Å². The number of thiazole rings is 1. The van der Waals surface area contributed by atoms with E-state index < -0.39 is 11.7 Å². The van der Waals surface area contributed by atoms with E-state index in [2.05, 4.69) is 9.88 Å². The predicted octanol–water partition coefficient (Wildman–Crippen LogP) is 2.73. The summed E-state index contributed by atoms with van der Waals surface area (Å²) in [6, 6.07) is 5.79. The van der Waals surface area contributed by atoms with Gasteiger partial charge in [-0.05, 0) is 24.3 Å². The van der Waals surface area contributed by atoms with E-state index in [9.17, 15) is 22.8 Å². The lowest BCUT2D eigenvalue weighted by Crippen LogP contribution is -2.48. The number of hydrogen-bond donors (Lipinski definition) is 0. The van der Waals surface area contributed by atoms with Crippen molar-refractivity contribution in [2.75, 3.05) is 26.2 Å². The highest BCUT2D eigenvalue weighted by Gasteiger charge is 2.30. The number of benzene rings is 1. The lowest BCUT2D eigenvalue weighted by atomic mass is 10.1. The maximum absolute atomic E-state index is 12.7. The van der Waals surface area contributed by atoms with Crippen molar-refractivity contribution in [2.45, 2.75) is 12.7 Å². The number of piperazine rings is 1. The Bertz CT molecular complexity index is 1080. The summed E-state index contributed by atoms with van der Waals surface area (Å²) < 4.78 is 39.5. The van der Waals surface area contributed by atoms with E-state index >= 15 is 0 Å². The zero-order valence-electron chi connectivity index (χ0n) is 15.2. The van der Waals surface area contributed by atoms with Crippen LogP contribution in [0.5, 0.6) is 0 Å². The molecule has 1 aliphatic rings. The van der Waals surface area contributed by atoms with Crippen LogP contribution >= 0.6 is 11.3 Å². The molecule has 1 amide bonds. The summed E-state index contributed by atoms with van der Waals surface area (Å²) in [5.74, 6) is -0.283. The molecular formula is C19H17F3N4O2S. The fourth-order valence-corrected chi connectivity index (χ4v) is 4.03. The molecule has 29 heavy (non-hydrogen) atoms. The van der Waals surface area contributed by atoms with Crippen LogP contribution in [-0.4, -0.2) is 51.3 Å². The first-order valence-electron chi connectivity index (χ1n) is 8.96. The third-order valence-corrected chi connectivity index (χ3v) is 5.62. The van der Waals surface area contributed by atoms with Crippen LogP contribution in [0.25, 0.3) is 4.96 Å². The normalized spacial score (nSPS) is 15.8. The Morgan fingerprint density at radius 1 is 1.10 bits per heavy atom. The molecule has 0 saturated carbocycles. The second-order valence-electron chi connectivity index (χ2n) is 6.78. The van der Waals surface area contributed by atoms with E-state index in [4.69, 9.17) is 0 Å². The maximum Gasteiger partial charge on any atom is 0.416 e. The number of aromatic nitrogens is 2. The molecule has 1 aromatic carbocycles. The number of carbonyl (C=O) groups excluding carboxylic acids is 1. The van der Waals surface area contributed by atoms with Crippen LogP contribution in [0.4, 0.5) is 13.2 Å². The minimum absolute atomic E-state index is 0.123. The van der Waals surface area contributed by atoms with Crippen molar-refractivity contribution in [1.82, 2.24) is 19.2 Å². The van der Waals surface area contributed by atoms with Gasteiger partial charge in [-0.1, -0.05) is 0 Å². The molecule has 0 unspecified atom stereocenters. The number of halogens is 3. The molecule has 0 spiro atoms. The number of rotatable bonds is 3. The Morgan fingerprint density at radius 3 is 2.45 bits per heavy atom. The highest BCUT2D eigenvalue weighted by molar-refractivity contribution is 7.15. The van der Waals surface area contributed by atoms with Crippen molar-refractivity contribution in [2.24, 2.45) is 0 Å². The number of alkyl halides is 3. The predicted molar refractivity (Wildman–Crippen MR) is 102 cm³/mol. The van der Waals surface area contributed by atoms with Crippen LogP contribution < -0.4 is 5.56 Å². The monoisotopic (exact) mass is 422 g/mol. The SMILES string of the molecule is O=C(c1ccc(C(F)(F)F)cc1)N1CCN(Cc2cc(=O)n3ccsc3n2)CC1. The molecule has 4 rings (SSSR count). The van der Waals surface area contributed by atoms with Gasteiger partial charge in [-0.3, -0.25) is 18.9 Å². The standard InChI is InChI=1S/C19H17F3N4O2S/c20-19(21,22)14-3-1-13(2-4-14)17(28)25-7-5-24(6-8-25)12-15-11-16(27)26-9-10-29-18(26)23-15/h1-4,9-11H,5-8,12H2. The summed E-state index contributed by atoms with van der Waals surface area (Å²) >= 11 is 1.39. The smallest absolute Gasteiger partial charge is 0.336 e. The Hall–Kier alpha value is -2.72. The molecule has 0 N–H and O–H groups in total. The third-order valence-electron chi connectivity index (χ3n) is 4.86. The molecule has 152 valence electrons. The molecular weight excluding hydrogens is 405 g/mol. The van der Waals surface area contributed by atoms with Gasteiger partial charge >= 0.3 is 6.18 Å². The molecule has 0 aliphatic carbocycles. The van der Waals surface area contributed by atoms with Crippen molar-refractivity contribution >= 4 is 22.2 Å². The van der Waals surface area contributed by atoms with Crippen molar-refractivity contribution in [3.8, 4) is 0 Å². The molecule has 1 fully saturated rings. The second-order valence-corrected chi connectivity index (χ2v) is 7.66. The Kier molecular flexibility index (Phi) is 5.13. The van der Waals surface area contributed by atoms with Crippen molar-refractivity contribution in [1.29, 1.82) is 0 Å². The van der Waals surface area contributed by atoms with Crippen LogP contribution in [0.2, 0.25) is 0 Å². The number of fused-ring (bicyclic) bond motifs is 1. The van der Waals surface area contributed by atoms with Crippen LogP contribution in [0, 0.1) is 0 Å². The van der Waals surface area contributed by atoms with Gasteiger partial charge in [0.1, 0.15) is 0 Å². The minimum atomic E-state index is -4.42. The second kappa shape index (κ2) is 7.60. The van der Waals surface area contributed by atoms with Gasteiger partial charge < -0.3 is 4.90 Å². The summed E-state index contributed by atoms with van der Waals surface area (Å²) in [6.07, 6.45) is -2.74. The first kappa shape index (κ1) is 19.6. The van der Waals surface area contributed by atoms with Crippen LogP contribution in [-0.2, 0) is 12.7 Å². The maximum atomic E-state index is 12.7. The molecule has 10 heteroatoms. The molecule has 0 bridgehead atoms. The van der Waals surface area contributed by atoms with Gasteiger partial charge in [0, 0.05) is 55.9 Å². The molecule has 1 aliphatic heterocycles. The molecule has 3 heterocycles. The van der Waals surface area contributed by atoms with Gasteiger partial charge in [0.05, 0.1) is 11.3 Å². The molecule has 0 radical (unpaired) electrons. The van der Waals surface area contributed by atoms with Crippen molar-refractivity contribution in [3.63, 3.8) is 0 Å². The first-order chi connectivity index (χ1) is 13.8.